The number of carboxylic acids is 2. The van der Waals surface area contributed by atoms with Crippen molar-refractivity contribution in [3.8, 4) is 0 Å². The van der Waals surface area contributed by atoms with Crippen molar-refractivity contribution in [2.24, 2.45) is 17.8 Å². The van der Waals surface area contributed by atoms with Crippen molar-refractivity contribution >= 4 is 35.7 Å². The lowest BCUT2D eigenvalue weighted by atomic mass is 9.85. The lowest BCUT2D eigenvalue weighted by molar-refractivity contribution is -0.138. The number of hydrogen-bond acceptors (Lipinski definition) is 8. The number of aromatic nitrogens is 1. The van der Waals surface area contributed by atoms with E-state index in [4.69, 9.17) is 0 Å². The minimum Gasteiger partial charge on any atom is -0.495 e. The molecular weight excluding hydrogens is 594 g/mol. The Morgan fingerprint density at radius 1 is 1.11 bits per heavy atom. The molecule has 12 heteroatoms. The monoisotopic (exact) mass is 635 g/mol. The molecule has 0 aliphatic carbocycles. The fourth-order valence-corrected chi connectivity index (χ4v) is 9.46. The molecule has 3 unspecified atom stereocenters. The lowest BCUT2D eigenvalue weighted by Crippen LogP contribution is -2.46. The van der Waals surface area contributed by atoms with Crippen molar-refractivity contribution < 1.29 is 29.7 Å². The van der Waals surface area contributed by atoms with Crippen LogP contribution in [0.1, 0.15) is 62.5 Å². The average Bonchev–Trinajstić information content (AvgIpc) is 3.91. The summed E-state index contributed by atoms with van der Waals surface area (Å²) in [6.07, 6.45) is 5.06. The summed E-state index contributed by atoms with van der Waals surface area (Å²) in [5.74, 6) is -0.100. The molecule has 9 atom stereocenters. The Labute approximate surface area is 266 Å². The Morgan fingerprint density at radius 3 is 2.42 bits per heavy atom. The first-order chi connectivity index (χ1) is 21.4. The van der Waals surface area contributed by atoms with Crippen LogP contribution in [-0.2, 0) is 27.2 Å². The summed E-state index contributed by atoms with van der Waals surface area (Å²) >= 11 is 1.91. The third-order valence-electron chi connectivity index (χ3n) is 11.1. The first-order valence-corrected chi connectivity index (χ1v) is 16.9. The predicted molar refractivity (Wildman–Crippen MR) is 170 cm³/mol. The van der Waals surface area contributed by atoms with Crippen molar-refractivity contribution in [1.29, 1.82) is 0 Å². The van der Waals surface area contributed by atoms with Crippen LogP contribution in [0.3, 0.4) is 0 Å². The van der Waals surface area contributed by atoms with Crippen LogP contribution in [0.2, 0.25) is 0 Å². The van der Waals surface area contributed by atoms with Crippen molar-refractivity contribution in [2.75, 3.05) is 5.75 Å². The molecule has 1 amide bonds. The smallest absolute Gasteiger partial charge is 0.303 e. The van der Waals surface area contributed by atoms with Crippen LogP contribution in [0.5, 0.6) is 0 Å². The number of carboxylic acid groups (broad SMARTS) is 2. The normalized spacial score (nSPS) is 36.7. The van der Waals surface area contributed by atoms with E-state index in [1.165, 1.54) is 0 Å². The molecule has 0 aromatic carbocycles. The molecular formula is C33H41N5O6S. The molecule has 4 fully saturated rings. The zero-order valence-corrected chi connectivity index (χ0v) is 26.8. The summed E-state index contributed by atoms with van der Waals surface area (Å²) < 4.78 is 0. The summed E-state index contributed by atoms with van der Waals surface area (Å²) in [5, 5.41) is 41.0. The summed E-state index contributed by atoms with van der Waals surface area (Å²) in [4.78, 5) is 39.7. The number of aliphatic hydroxyl groups excluding tert-OH is 1. The minimum absolute atomic E-state index is 0.00534. The molecule has 1 aromatic rings. The maximum absolute atomic E-state index is 12.8. The van der Waals surface area contributed by atoms with E-state index < -0.39 is 11.9 Å². The fraction of sp³-hybridized carbons (Fsp3) is 0.545. The van der Waals surface area contributed by atoms with Crippen molar-refractivity contribution in [3.05, 3.63) is 63.5 Å². The largest absolute Gasteiger partial charge is 0.495 e. The molecule has 11 nitrogen and oxygen atoms in total. The number of aliphatic hydroxyl groups is 1. The minimum atomic E-state index is -0.873. The number of fused-ring (bicyclic) bond motifs is 1. The number of carbonyl (C=O) groups is 3. The molecule has 0 saturated carbocycles. The third-order valence-corrected chi connectivity index (χ3v) is 12.2. The molecule has 1 spiro atoms. The topological polar surface area (TPSA) is 158 Å². The number of aromatic amines is 1. The van der Waals surface area contributed by atoms with Gasteiger partial charge in [0.25, 0.3) is 0 Å². The van der Waals surface area contributed by atoms with Crippen LogP contribution < -0.4 is 10.6 Å². The zero-order valence-electron chi connectivity index (χ0n) is 26.0. The molecule has 7 rings (SSSR count). The van der Waals surface area contributed by atoms with E-state index in [0.717, 1.165) is 50.7 Å². The average molecular weight is 636 g/mol. The number of rotatable bonds is 12. The number of nitrogens with zero attached hydrogens (tertiary/aromatic N) is 2. The summed E-state index contributed by atoms with van der Waals surface area (Å²) in [5.41, 5.74) is 7.21. The predicted octanol–water partition coefficient (Wildman–Crippen LogP) is 3.46. The number of aliphatic carboxylic acids is 2. The number of allylic oxidation sites excluding steroid dienone is 2. The van der Waals surface area contributed by atoms with Crippen LogP contribution in [0.25, 0.3) is 6.08 Å². The highest BCUT2D eigenvalue weighted by atomic mass is 32.2. The molecule has 6 aliphatic heterocycles. The van der Waals surface area contributed by atoms with Crippen LogP contribution >= 0.6 is 11.8 Å². The number of nitrogens with one attached hydrogen (secondary N) is 3. The molecule has 6 aliphatic rings. The van der Waals surface area contributed by atoms with Gasteiger partial charge in [0.05, 0.1) is 17.8 Å². The molecule has 0 radical (unpaired) electrons. The van der Waals surface area contributed by atoms with E-state index in [9.17, 15) is 29.7 Å². The highest BCUT2D eigenvalue weighted by Crippen LogP contribution is 2.75. The Hall–Kier alpha value is -3.64. The maximum Gasteiger partial charge on any atom is 0.303 e. The first kappa shape index (κ1) is 30.0. The number of hydrazine groups is 1. The van der Waals surface area contributed by atoms with Gasteiger partial charge in [-0.3, -0.25) is 19.4 Å². The number of carbonyl (C=O) groups excluding carboxylic acids is 1. The quantitative estimate of drug-likeness (QED) is 0.188. The van der Waals surface area contributed by atoms with E-state index in [-0.39, 0.29) is 66.2 Å². The summed E-state index contributed by atoms with van der Waals surface area (Å²) in [6.45, 7) is 12.0. The highest BCUT2D eigenvalue weighted by Gasteiger charge is 2.91. The third kappa shape index (κ3) is 4.46. The molecule has 45 heavy (non-hydrogen) atoms. The molecule has 1 aromatic heterocycles. The first-order valence-electron chi connectivity index (χ1n) is 15.8. The van der Waals surface area contributed by atoms with Crippen molar-refractivity contribution in [3.63, 3.8) is 0 Å². The SMILES string of the molecule is C=CC1=C(O)N[C@H](Cc2[nH]c(/C=C3/C(CCC(=O)O)=C(C)[C@]45[C@H](C6NC(=O)[C@H](C)[C@H]6[C@@H]6CS6)N4N35)c(CCC(=O)O)c2C)C1C. The van der Waals surface area contributed by atoms with Gasteiger partial charge in [-0.05, 0) is 55.0 Å². The molecule has 0 bridgehead atoms. The number of hydrogen-bond donors (Lipinski definition) is 6. The Balaban J connectivity index is 1.22. The fourth-order valence-electron chi connectivity index (χ4n) is 8.50. The lowest BCUT2D eigenvalue weighted by Gasteiger charge is -2.26. The van der Waals surface area contributed by atoms with E-state index in [1.807, 2.05) is 32.5 Å². The zero-order chi connectivity index (χ0) is 32.1. The van der Waals surface area contributed by atoms with Gasteiger partial charge in [0.15, 0.2) is 11.5 Å². The standard InChI is InChI=1S/C33H41N5O6S/c1-6-18-14(2)22(35-32(18)44)11-21-15(3)19(7-9-26(39)40)23(34-21)12-24-20(8-10-27(41)42)17(5)33-30(38(33)37(24)33)29-28(25-13-45-25)16(4)31(43)36-29/h6,12,14,16,22,25,28-30,34-35,44H,1,7-11,13H2,2-5H3,(H,36,43)(H,39,40)(H,41,42)/b24-12-/t14?,16-,22-,25+,28+,29?,30+,33-,37?,38?/m1/s1. The number of amides is 1. The highest BCUT2D eigenvalue weighted by molar-refractivity contribution is 8.06. The van der Waals surface area contributed by atoms with E-state index in [0.29, 0.717) is 24.5 Å². The van der Waals surface area contributed by atoms with Crippen LogP contribution in [0, 0.1) is 24.7 Å². The van der Waals surface area contributed by atoms with Gasteiger partial charge in [-0.25, -0.2) is 0 Å². The van der Waals surface area contributed by atoms with Gasteiger partial charge in [-0.1, -0.05) is 26.5 Å². The van der Waals surface area contributed by atoms with E-state index in [2.05, 4.69) is 45.2 Å². The Bertz CT molecular complexity index is 1620. The van der Waals surface area contributed by atoms with Gasteiger partial charge in [0.2, 0.25) is 5.91 Å². The second kappa shape index (κ2) is 10.4. The second-order valence-corrected chi connectivity index (χ2v) is 14.7. The summed E-state index contributed by atoms with van der Waals surface area (Å²) in [7, 11) is 0. The van der Waals surface area contributed by atoms with Gasteiger partial charge in [0.1, 0.15) is 0 Å². The van der Waals surface area contributed by atoms with Crippen molar-refractivity contribution in [1.82, 2.24) is 25.6 Å². The van der Waals surface area contributed by atoms with Crippen LogP contribution in [0.15, 0.2) is 41.0 Å². The maximum atomic E-state index is 12.8. The number of H-pyrrole nitrogens is 1. The van der Waals surface area contributed by atoms with Gasteiger partial charge in [-0.15, -0.1) is 0 Å². The van der Waals surface area contributed by atoms with Gasteiger partial charge < -0.3 is 30.9 Å². The summed E-state index contributed by atoms with van der Waals surface area (Å²) in [6, 6.07) is 0.139. The van der Waals surface area contributed by atoms with E-state index >= 15 is 0 Å². The number of thioether (sulfide) groups is 1. The molecule has 7 heterocycles. The van der Waals surface area contributed by atoms with Crippen LogP contribution in [0.4, 0.5) is 0 Å². The van der Waals surface area contributed by atoms with Crippen molar-refractivity contribution in [2.45, 2.75) is 88.8 Å². The molecule has 240 valence electrons. The molecule has 6 N–H and O–H groups in total. The second-order valence-electron chi connectivity index (χ2n) is 13.4. The van der Waals surface area contributed by atoms with Crippen LogP contribution in [-0.4, -0.2) is 83.0 Å². The van der Waals surface area contributed by atoms with E-state index in [1.54, 1.807) is 6.08 Å². The molecule has 4 saturated heterocycles. The van der Waals surface area contributed by atoms with Gasteiger partial charge in [0, 0.05) is 71.0 Å². The Kier molecular flexibility index (Phi) is 6.97. The Morgan fingerprint density at radius 2 is 1.80 bits per heavy atom. The van der Waals surface area contributed by atoms with Gasteiger partial charge >= 0.3 is 11.9 Å². The van der Waals surface area contributed by atoms with Gasteiger partial charge in [-0.2, -0.15) is 16.8 Å².